The fourth-order valence-electron chi connectivity index (χ4n) is 2.28. The Morgan fingerprint density at radius 2 is 2.19 bits per heavy atom. The van der Waals surface area contributed by atoms with Gasteiger partial charge in [0.05, 0.1) is 5.56 Å². The van der Waals surface area contributed by atoms with E-state index in [2.05, 4.69) is 11.4 Å². The van der Waals surface area contributed by atoms with Gasteiger partial charge in [-0.1, -0.05) is 6.07 Å². The molecule has 1 atom stereocenters. The molecule has 0 aromatic heterocycles. The molecule has 2 rings (SSSR count). The highest BCUT2D eigenvalue weighted by molar-refractivity contribution is 5.90. The van der Waals surface area contributed by atoms with Crippen molar-refractivity contribution in [3.8, 4) is 0 Å². The lowest BCUT2D eigenvalue weighted by molar-refractivity contribution is 0.0696. The topological polar surface area (TPSA) is 49.3 Å². The van der Waals surface area contributed by atoms with Gasteiger partial charge in [-0.05, 0) is 55.5 Å². The Morgan fingerprint density at radius 3 is 2.75 bits per heavy atom. The molecule has 0 aliphatic carbocycles. The molecule has 0 saturated carbocycles. The fraction of sp³-hybridized carbons (Fsp3) is 0.462. The van der Waals surface area contributed by atoms with Crippen molar-refractivity contribution in [2.24, 2.45) is 0 Å². The second-order valence-electron chi connectivity index (χ2n) is 4.51. The number of carboxylic acid groups (broad SMARTS) is 1. The fourth-order valence-corrected chi connectivity index (χ4v) is 2.28. The van der Waals surface area contributed by atoms with Crippen molar-refractivity contribution in [2.45, 2.75) is 26.2 Å². The maximum atomic E-state index is 11.1. The first-order chi connectivity index (χ1) is 7.59. The van der Waals surface area contributed by atoms with E-state index < -0.39 is 5.97 Å². The summed E-state index contributed by atoms with van der Waals surface area (Å²) in [5.74, 6) is -0.356. The summed E-state index contributed by atoms with van der Waals surface area (Å²) in [5, 5.41) is 12.4. The van der Waals surface area contributed by atoms with Crippen LogP contribution in [0.4, 0.5) is 0 Å². The quantitative estimate of drug-likeness (QED) is 0.800. The third-order valence-corrected chi connectivity index (χ3v) is 3.45. The lowest BCUT2D eigenvalue weighted by atomic mass is 9.92. The molecule has 86 valence electrons. The van der Waals surface area contributed by atoms with Gasteiger partial charge in [0, 0.05) is 6.54 Å². The van der Waals surface area contributed by atoms with Gasteiger partial charge in [-0.15, -0.1) is 0 Å². The molecule has 0 amide bonds. The van der Waals surface area contributed by atoms with Crippen molar-refractivity contribution >= 4 is 5.97 Å². The van der Waals surface area contributed by atoms with E-state index in [9.17, 15) is 4.79 Å². The lowest BCUT2D eigenvalue weighted by Gasteiger charge is -2.13. The Bertz CT molecular complexity index is 420. The Hall–Kier alpha value is -1.35. The average molecular weight is 219 g/mol. The second-order valence-corrected chi connectivity index (χ2v) is 4.51. The molecule has 3 nitrogen and oxygen atoms in total. The van der Waals surface area contributed by atoms with E-state index in [1.54, 1.807) is 0 Å². The molecular weight excluding hydrogens is 202 g/mol. The highest BCUT2D eigenvalue weighted by atomic mass is 16.4. The normalized spacial score (nSPS) is 20.0. The van der Waals surface area contributed by atoms with Crippen molar-refractivity contribution in [3.63, 3.8) is 0 Å². The molecular formula is C13H17NO2. The van der Waals surface area contributed by atoms with Crippen LogP contribution in [-0.2, 0) is 0 Å². The van der Waals surface area contributed by atoms with Crippen LogP contribution in [0.2, 0.25) is 0 Å². The number of carbonyl (C=O) groups is 1. The highest BCUT2D eigenvalue weighted by Crippen LogP contribution is 2.26. The number of hydrogen-bond donors (Lipinski definition) is 2. The molecule has 1 aliphatic rings. The Kier molecular flexibility index (Phi) is 2.97. The predicted octanol–water partition coefficient (Wildman–Crippen LogP) is 2.08. The number of rotatable bonds is 2. The van der Waals surface area contributed by atoms with Crippen LogP contribution < -0.4 is 5.32 Å². The van der Waals surface area contributed by atoms with E-state index in [0.717, 1.165) is 36.2 Å². The largest absolute Gasteiger partial charge is 0.478 e. The van der Waals surface area contributed by atoms with E-state index in [4.69, 9.17) is 5.11 Å². The van der Waals surface area contributed by atoms with Gasteiger partial charge in [-0.25, -0.2) is 4.79 Å². The minimum atomic E-state index is -0.826. The predicted molar refractivity (Wildman–Crippen MR) is 63.1 cm³/mol. The van der Waals surface area contributed by atoms with Crippen LogP contribution in [0.15, 0.2) is 12.1 Å². The number of aromatic carboxylic acids is 1. The zero-order valence-corrected chi connectivity index (χ0v) is 9.71. The molecule has 3 heteroatoms. The summed E-state index contributed by atoms with van der Waals surface area (Å²) in [5.41, 5.74) is 3.55. The van der Waals surface area contributed by atoms with E-state index in [1.165, 1.54) is 0 Å². The zero-order chi connectivity index (χ0) is 11.7. The maximum Gasteiger partial charge on any atom is 0.335 e. The molecule has 16 heavy (non-hydrogen) atoms. The molecule has 1 saturated heterocycles. The molecule has 1 aliphatic heterocycles. The van der Waals surface area contributed by atoms with Crippen LogP contribution >= 0.6 is 0 Å². The van der Waals surface area contributed by atoms with Gasteiger partial charge in [0.1, 0.15) is 0 Å². The molecule has 2 N–H and O–H groups in total. The SMILES string of the molecule is Cc1cc(C2CCNC2)cc(C(=O)O)c1C. The van der Waals surface area contributed by atoms with Gasteiger partial charge in [0.15, 0.2) is 0 Å². The average Bonchev–Trinajstić information content (AvgIpc) is 2.74. The molecule has 0 spiro atoms. The molecule has 0 bridgehead atoms. The van der Waals surface area contributed by atoms with E-state index in [-0.39, 0.29) is 0 Å². The van der Waals surface area contributed by atoms with E-state index in [0.29, 0.717) is 11.5 Å². The van der Waals surface area contributed by atoms with Crippen LogP contribution in [0.1, 0.15) is 39.4 Å². The minimum absolute atomic E-state index is 0.446. The number of carboxylic acids is 1. The molecule has 0 radical (unpaired) electrons. The molecule has 1 unspecified atom stereocenters. The first-order valence-corrected chi connectivity index (χ1v) is 5.64. The van der Waals surface area contributed by atoms with Crippen LogP contribution in [-0.4, -0.2) is 24.2 Å². The Labute approximate surface area is 95.5 Å². The summed E-state index contributed by atoms with van der Waals surface area (Å²) < 4.78 is 0. The summed E-state index contributed by atoms with van der Waals surface area (Å²) in [6.45, 7) is 5.84. The van der Waals surface area contributed by atoms with Crippen molar-refractivity contribution in [1.29, 1.82) is 0 Å². The summed E-state index contributed by atoms with van der Waals surface area (Å²) >= 11 is 0. The molecule has 1 heterocycles. The van der Waals surface area contributed by atoms with Gasteiger partial charge in [-0.3, -0.25) is 0 Å². The molecule has 1 aromatic carbocycles. The van der Waals surface area contributed by atoms with Crippen LogP contribution in [0.3, 0.4) is 0 Å². The highest BCUT2D eigenvalue weighted by Gasteiger charge is 2.19. The maximum absolute atomic E-state index is 11.1. The first kappa shape index (κ1) is 11.1. The van der Waals surface area contributed by atoms with Crippen LogP contribution in [0.5, 0.6) is 0 Å². The third-order valence-electron chi connectivity index (χ3n) is 3.45. The summed E-state index contributed by atoms with van der Waals surface area (Å²) in [6.07, 6.45) is 1.10. The van der Waals surface area contributed by atoms with Gasteiger partial charge in [0.25, 0.3) is 0 Å². The van der Waals surface area contributed by atoms with Crippen molar-refractivity contribution in [2.75, 3.05) is 13.1 Å². The van der Waals surface area contributed by atoms with Gasteiger partial charge in [-0.2, -0.15) is 0 Å². The van der Waals surface area contributed by atoms with E-state index >= 15 is 0 Å². The Balaban J connectivity index is 2.43. The number of nitrogens with one attached hydrogen (secondary N) is 1. The first-order valence-electron chi connectivity index (χ1n) is 5.64. The monoisotopic (exact) mass is 219 g/mol. The molecule has 1 aromatic rings. The van der Waals surface area contributed by atoms with E-state index in [1.807, 2.05) is 19.9 Å². The smallest absolute Gasteiger partial charge is 0.335 e. The summed E-state index contributed by atoms with van der Waals surface area (Å²) in [6, 6.07) is 3.96. The zero-order valence-electron chi connectivity index (χ0n) is 9.71. The van der Waals surface area contributed by atoms with Crippen LogP contribution in [0.25, 0.3) is 0 Å². The second kappa shape index (κ2) is 4.26. The van der Waals surface area contributed by atoms with Crippen molar-refractivity contribution < 1.29 is 9.90 Å². The lowest BCUT2D eigenvalue weighted by Crippen LogP contribution is -2.10. The van der Waals surface area contributed by atoms with Crippen molar-refractivity contribution in [3.05, 3.63) is 34.4 Å². The van der Waals surface area contributed by atoms with Gasteiger partial charge >= 0.3 is 5.97 Å². The number of hydrogen-bond acceptors (Lipinski definition) is 2. The van der Waals surface area contributed by atoms with Gasteiger partial charge < -0.3 is 10.4 Å². The number of aryl methyl sites for hydroxylation is 1. The Morgan fingerprint density at radius 1 is 1.44 bits per heavy atom. The third kappa shape index (κ3) is 1.95. The van der Waals surface area contributed by atoms with Crippen LogP contribution in [0, 0.1) is 13.8 Å². The summed E-state index contributed by atoms with van der Waals surface area (Å²) in [7, 11) is 0. The minimum Gasteiger partial charge on any atom is -0.478 e. The summed E-state index contributed by atoms with van der Waals surface area (Å²) in [4.78, 5) is 11.1. The molecule has 1 fully saturated rings. The van der Waals surface area contributed by atoms with Crippen molar-refractivity contribution in [1.82, 2.24) is 5.32 Å². The van der Waals surface area contributed by atoms with Gasteiger partial charge in [0.2, 0.25) is 0 Å². The number of benzene rings is 1. The standard InChI is InChI=1S/C13H17NO2/c1-8-5-11(10-3-4-14-7-10)6-12(9(8)2)13(15)16/h5-6,10,14H,3-4,7H2,1-2H3,(H,15,16).